The van der Waals surface area contributed by atoms with Gasteiger partial charge in [-0.05, 0) is 19.8 Å². The Balaban J connectivity index is 2.13. The van der Waals surface area contributed by atoms with Gasteiger partial charge in [-0.1, -0.05) is 18.8 Å². The second kappa shape index (κ2) is 4.66. The Morgan fingerprint density at radius 1 is 1.27 bits per heavy atom. The van der Waals surface area contributed by atoms with Crippen molar-refractivity contribution in [3.05, 3.63) is 11.4 Å². The summed E-state index contributed by atoms with van der Waals surface area (Å²) in [7, 11) is 3.61. The molecular formula is C15H22N5O2+. The standard InChI is InChI=1S/C15H22N5O2/c1-8(2)7-19-13(21)11-12(18(6)15(19)22)16-14-17(5)9(3)10(4)20(11)14/h8,11H,7H2,1-6H3/q+1. The summed E-state index contributed by atoms with van der Waals surface area (Å²) in [6.45, 7) is 8.40. The van der Waals surface area contributed by atoms with Crippen molar-refractivity contribution in [3.63, 3.8) is 0 Å². The lowest BCUT2D eigenvalue weighted by Crippen LogP contribution is -2.58. The van der Waals surface area contributed by atoms with E-state index < -0.39 is 6.04 Å². The number of imidazole rings is 1. The molecule has 3 rings (SSSR count). The number of hydrogen-bond donors (Lipinski definition) is 0. The molecular weight excluding hydrogens is 282 g/mol. The summed E-state index contributed by atoms with van der Waals surface area (Å²) in [5.74, 6) is 1.27. The van der Waals surface area contributed by atoms with Crippen molar-refractivity contribution < 1.29 is 14.2 Å². The molecule has 7 nitrogen and oxygen atoms in total. The maximum atomic E-state index is 12.9. The normalized spacial score (nSPS) is 20.7. The third-order valence-corrected chi connectivity index (χ3v) is 4.53. The molecule has 0 bridgehead atoms. The highest BCUT2D eigenvalue weighted by atomic mass is 16.2. The fraction of sp³-hybridized carbons (Fsp3) is 0.600. The van der Waals surface area contributed by atoms with E-state index in [2.05, 4.69) is 4.99 Å². The van der Waals surface area contributed by atoms with Crippen LogP contribution in [0.4, 0.5) is 10.7 Å². The molecule has 3 amide bonds. The van der Waals surface area contributed by atoms with Crippen molar-refractivity contribution in [1.82, 2.24) is 14.4 Å². The van der Waals surface area contributed by atoms with Gasteiger partial charge in [-0.2, -0.15) is 0 Å². The molecule has 7 heteroatoms. The number of aliphatic imine (C=N–C) groups is 1. The first-order valence-corrected chi connectivity index (χ1v) is 7.50. The Morgan fingerprint density at radius 3 is 2.50 bits per heavy atom. The molecule has 1 aromatic rings. The molecule has 0 saturated carbocycles. The summed E-state index contributed by atoms with van der Waals surface area (Å²) in [5.41, 5.74) is 2.07. The van der Waals surface area contributed by atoms with E-state index in [1.807, 2.05) is 43.9 Å². The zero-order valence-corrected chi connectivity index (χ0v) is 13.9. The van der Waals surface area contributed by atoms with E-state index in [9.17, 15) is 9.59 Å². The number of carbonyl (C=O) groups excluding carboxylic acids is 2. The number of fused-ring (bicyclic) bond motifs is 3. The Kier molecular flexibility index (Phi) is 3.12. The van der Waals surface area contributed by atoms with Crippen LogP contribution in [-0.2, 0) is 11.8 Å². The fourth-order valence-electron chi connectivity index (χ4n) is 3.13. The molecule has 2 aliphatic heterocycles. The molecule has 1 atom stereocenters. The van der Waals surface area contributed by atoms with Crippen LogP contribution in [0.15, 0.2) is 4.99 Å². The molecule has 0 aromatic carbocycles. The van der Waals surface area contributed by atoms with Crippen molar-refractivity contribution >= 4 is 23.7 Å². The predicted octanol–water partition coefficient (Wildman–Crippen LogP) is 1.06. The van der Waals surface area contributed by atoms with Gasteiger partial charge < -0.3 is 0 Å². The molecule has 0 N–H and O–H groups in total. The first-order valence-electron chi connectivity index (χ1n) is 7.50. The van der Waals surface area contributed by atoms with Crippen LogP contribution in [0.25, 0.3) is 0 Å². The minimum atomic E-state index is -0.531. The topological polar surface area (TPSA) is 61.8 Å². The second-order valence-corrected chi connectivity index (χ2v) is 6.46. The van der Waals surface area contributed by atoms with Gasteiger partial charge in [0.25, 0.3) is 5.91 Å². The van der Waals surface area contributed by atoms with Crippen LogP contribution in [0.1, 0.15) is 31.3 Å². The highest BCUT2D eigenvalue weighted by Crippen LogP contribution is 2.34. The van der Waals surface area contributed by atoms with E-state index in [-0.39, 0.29) is 17.9 Å². The van der Waals surface area contributed by atoms with Crippen molar-refractivity contribution in [3.8, 4) is 0 Å². The highest BCUT2D eigenvalue weighted by Gasteiger charge is 2.53. The number of amidine groups is 1. The van der Waals surface area contributed by atoms with Gasteiger partial charge in [0.1, 0.15) is 11.4 Å². The SMILES string of the molecule is Cc1c(C)[n+](C)c2n1C1C(=O)N(CC(C)C)C(=O)N(C)C1=N2. The second-order valence-electron chi connectivity index (χ2n) is 6.46. The molecule has 1 fully saturated rings. The zero-order chi connectivity index (χ0) is 16.3. The molecule has 0 spiro atoms. The number of nitrogens with zero attached hydrogens (tertiary/aromatic N) is 5. The zero-order valence-electron chi connectivity index (χ0n) is 13.9. The van der Waals surface area contributed by atoms with Crippen LogP contribution in [0.3, 0.4) is 0 Å². The van der Waals surface area contributed by atoms with Crippen molar-refractivity contribution in [2.75, 3.05) is 13.6 Å². The van der Waals surface area contributed by atoms with Gasteiger partial charge in [-0.3, -0.25) is 14.6 Å². The van der Waals surface area contributed by atoms with E-state index in [4.69, 9.17) is 0 Å². The minimum absolute atomic E-state index is 0.187. The Labute approximate surface area is 129 Å². The Bertz CT molecular complexity index is 716. The van der Waals surface area contributed by atoms with E-state index in [0.29, 0.717) is 12.4 Å². The minimum Gasteiger partial charge on any atom is -0.270 e. The molecule has 1 saturated heterocycles. The smallest absolute Gasteiger partial charge is 0.270 e. The number of urea groups is 1. The fourth-order valence-corrected chi connectivity index (χ4v) is 3.13. The summed E-state index contributed by atoms with van der Waals surface area (Å²) in [4.78, 5) is 32.8. The largest absolute Gasteiger partial charge is 0.401 e. The molecule has 3 heterocycles. The van der Waals surface area contributed by atoms with E-state index in [0.717, 1.165) is 17.3 Å². The van der Waals surface area contributed by atoms with Crippen molar-refractivity contribution in [1.29, 1.82) is 0 Å². The number of imide groups is 1. The highest BCUT2D eigenvalue weighted by molar-refractivity contribution is 6.20. The van der Waals surface area contributed by atoms with Crippen molar-refractivity contribution in [2.24, 2.45) is 18.0 Å². The summed E-state index contributed by atoms with van der Waals surface area (Å²) in [6.07, 6.45) is 0. The van der Waals surface area contributed by atoms with Crippen LogP contribution in [0, 0.1) is 19.8 Å². The first-order chi connectivity index (χ1) is 10.3. The number of likely N-dealkylation sites (N-methyl/N-ethyl adjacent to an activating group) is 1. The van der Waals surface area contributed by atoms with Crippen LogP contribution in [0.5, 0.6) is 0 Å². The number of rotatable bonds is 2. The van der Waals surface area contributed by atoms with Gasteiger partial charge in [-0.25, -0.2) is 13.9 Å². The van der Waals surface area contributed by atoms with Gasteiger partial charge >= 0.3 is 12.0 Å². The summed E-state index contributed by atoms with van der Waals surface area (Å²) >= 11 is 0. The van der Waals surface area contributed by atoms with E-state index in [1.165, 1.54) is 9.80 Å². The molecule has 1 aromatic heterocycles. The van der Waals surface area contributed by atoms with Crippen LogP contribution in [-0.4, -0.2) is 45.7 Å². The van der Waals surface area contributed by atoms with Gasteiger partial charge in [0.15, 0.2) is 0 Å². The van der Waals surface area contributed by atoms with Gasteiger partial charge in [0, 0.05) is 13.6 Å². The van der Waals surface area contributed by atoms with Crippen molar-refractivity contribution in [2.45, 2.75) is 33.7 Å². The predicted molar refractivity (Wildman–Crippen MR) is 80.9 cm³/mol. The van der Waals surface area contributed by atoms with Crippen LogP contribution in [0.2, 0.25) is 0 Å². The molecule has 2 aliphatic rings. The third kappa shape index (κ3) is 1.74. The van der Waals surface area contributed by atoms with E-state index >= 15 is 0 Å². The first kappa shape index (κ1) is 14.7. The monoisotopic (exact) mass is 304 g/mol. The molecule has 1 unspecified atom stereocenters. The maximum Gasteiger partial charge on any atom is 0.401 e. The van der Waals surface area contributed by atoms with Crippen LogP contribution < -0.4 is 4.57 Å². The molecule has 22 heavy (non-hydrogen) atoms. The lowest BCUT2D eigenvalue weighted by atomic mass is 10.1. The molecule has 0 aliphatic carbocycles. The summed E-state index contributed by atoms with van der Waals surface area (Å²) < 4.78 is 3.89. The number of hydrogen-bond acceptors (Lipinski definition) is 3. The van der Waals surface area contributed by atoms with Crippen LogP contribution >= 0.6 is 0 Å². The van der Waals surface area contributed by atoms with Gasteiger partial charge in [0.2, 0.25) is 11.9 Å². The number of aromatic nitrogens is 2. The van der Waals surface area contributed by atoms with E-state index in [1.54, 1.807) is 7.05 Å². The molecule has 118 valence electrons. The quantitative estimate of drug-likeness (QED) is 0.767. The maximum absolute atomic E-state index is 12.9. The average molecular weight is 304 g/mol. The lowest BCUT2D eigenvalue weighted by molar-refractivity contribution is -0.663. The van der Waals surface area contributed by atoms with Gasteiger partial charge in [0.05, 0.1) is 7.05 Å². The Morgan fingerprint density at radius 2 is 1.91 bits per heavy atom. The third-order valence-electron chi connectivity index (χ3n) is 4.53. The van der Waals surface area contributed by atoms with Gasteiger partial charge in [-0.15, -0.1) is 0 Å². The number of amides is 3. The lowest BCUT2D eigenvalue weighted by Gasteiger charge is -2.34. The summed E-state index contributed by atoms with van der Waals surface area (Å²) in [6, 6.07) is -0.826. The summed E-state index contributed by atoms with van der Waals surface area (Å²) in [5, 5.41) is 0. The number of carbonyl (C=O) groups is 2. The molecule has 0 radical (unpaired) electrons. The Hall–Kier alpha value is -2.18. The average Bonchev–Trinajstić information content (AvgIpc) is 2.95.